The summed E-state index contributed by atoms with van der Waals surface area (Å²) < 4.78 is 5.22. The van der Waals surface area contributed by atoms with E-state index >= 15 is 0 Å². The van der Waals surface area contributed by atoms with Crippen LogP contribution in [0, 0.1) is 5.41 Å². The second-order valence-corrected chi connectivity index (χ2v) is 5.29. The second-order valence-electron chi connectivity index (χ2n) is 5.29. The van der Waals surface area contributed by atoms with Crippen LogP contribution in [0.1, 0.15) is 33.1 Å². The van der Waals surface area contributed by atoms with Gasteiger partial charge >= 0.3 is 0 Å². The van der Waals surface area contributed by atoms with Crippen LogP contribution in [0.2, 0.25) is 0 Å². The summed E-state index contributed by atoms with van der Waals surface area (Å²) in [6.07, 6.45) is 4.61. The number of likely N-dealkylation sites (tertiary alicyclic amines) is 1. The molecule has 0 radical (unpaired) electrons. The van der Waals surface area contributed by atoms with Crippen LogP contribution < -0.4 is 0 Å². The van der Waals surface area contributed by atoms with Gasteiger partial charge in [-0.25, -0.2) is 0 Å². The molecule has 0 saturated carbocycles. The molecule has 0 aromatic carbocycles. The summed E-state index contributed by atoms with van der Waals surface area (Å²) in [5.41, 5.74) is 0.544. The van der Waals surface area contributed by atoms with Gasteiger partial charge in [0, 0.05) is 13.1 Å². The van der Waals surface area contributed by atoms with Crippen LogP contribution in [0.5, 0.6) is 0 Å². The van der Waals surface area contributed by atoms with Crippen LogP contribution in [-0.4, -0.2) is 37.2 Å². The summed E-state index contributed by atoms with van der Waals surface area (Å²) >= 11 is 0. The fourth-order valence-electron chi connectivity index (χ4n) is 2.30. The molecule has 2 fully saturated rings. The quantitative estimate of drug-likeness (QED) is 0.621. The van der Waals surface area contributed by atoms with Gasteiger partial charge in [0.05, 0.1) is 12.7 Å². The van der Waals surface area contributed by atoms with Crippen molar-refractivity contribution in [2.24, 2.45) is 5.41 Å². The fraction of sp³-hybridized carbons (Fsp3) is 1.00. The molecule has 2 aliphatic rings. The third-order valence-electron chi connectivity index (χ3n) is 3.15. The Kier molecular flexibility index (Phi) is 2.61. The van der Waals surface area contributed by atoms with Gasteiger partial charge in [0.2, 0.25) is 0 Å². The zero-order valence-corrected chi connectivity index (χ0v) is 8.88. The molecule has 2 nitrogen and oxygen atoms in total. The molecule has 1 atom stereocenters. The first kappa shape index (κ1) is 9.47. The van der Waals surface area contributed by atoms with Crippen molar-refractivity contribution in [1.82, 2.24) is 4.90 Å². The Labute approximate surface area is 81.3 Å². The molecule has 0 amide bonds. The molecule has 0 spiro atoms. The lowest BCUT2D eigenvalue weighted by atomic mass is 9.84. The third kappa shape index (κ3) is 2.96. The second kappa shape index (κ2) is 3.58. The highest BCUT2D eigenvalue weighted by molar-refractivity contribution is 4.81. The fourth-order valence-corrected chi connectivity index (χ4v) is 2.30. The van der Waals surface area contributed by atoms with E-state index in [1.807, 2.05) is 0 Å². The topological polar surface area (TPSA) is 15.8 Å². The first-order valence-electron chi connectivity index (χ1n) is 5.50. The normalized spacial score (nSPS) is 33.2. The minimum absolute atomic E-state index is 0.544. The van der Waals surface area contributed by atoms with Crippen LogP contribution in [-0.2, 0) is 4.74 Å². The Morgan fingerprint density at radius 3 is 2.85 bits per heavy atom. The van der Waals surface area contributed by atoms with Gasteiger partial charge < -0.3 is 9.64 Å². The van der Waals surface area contributed by atoms with Crippen LogP contribution >= 0.6 is 0 Å². The maximum Gasteiger partial charge on any atom is 0.0822 e. The number of hydrogen-bond donors (Lipinski definition) is 0. The molecule has 0 aliphatic carbocycles. The van der Waals surface area contributed by atoms with Crippen molar-refractivity contribution in [2.75, 3.05) is 26.2 Å². The maximum absolute atomic E-state index is 5.22. The minimum atomic E-state index is 0.544. The van der Waals surface area contributed by atoms with Crippen LogP contribution in [0.25, 0.3) is 0 Å². The molecule has 1 unspecified atom stereocenters. The van der Waals surface area contributed by atoms with Crippen molar-refractivity contribution in [1.29, 1.82) is 0 Å². The van der Waals surface area contributed by atoms with Gasteiger partial charge in [-0.3, -0.25) is 0 Å². The number of epoxide rings is 1. The highest BCUT2D eigenvalue weighted by Gasteiger charge is 2.28. The number of ether oxygens (including phenoxy) is 1. The number of hydrogen-bond acceptors (Lipinski definition) is 2. The molecule has 0 aromatic rings. The van der Waals surface area contributed by atoms with E-state index in [1.54, 1.807) is 0 Å². The zero-order chi connectivity index (χ0) is 9.31. The van der Waals surface area contributed by atoms with E-state index in [9.17, 15) is 0 Å². The molecule has 2 rings (SSSR count). The number of rotatable bonds is 3. The van der Waals surface area contributed by atoms with E-state index in [2.05, 4.69) is 18.7 Å². The highest BCUT2D eigenvalue weighted by atomic mass is 16.6. The van der Waals surface area contributed by atoms with Crippen molar-refractivity contribution in [3.05, 3.63) is 0 Å². The van der Waals surface area contributed by atoms with Gasteiger partial charge in [0.25, 0.3) is 0 Å². The van der Waals surface area contributed by atoms with Crippen LogP contribution in [0.3, 0.4) is 0 Å². The maximum atomic E-state index is 5.22. The smallest absolute Gasteiger partial charge is 0.0822 e. The van der Waals surface area contributed by atoms with Crippen molar-refractivity contribution in [2.45, 2.75) is 39.2 Å². The predicted octanol–water partition coefficient (Wildman–Crippen LogP) is 1.90. The Hall–Kier alpha value is -0.0800. The zero-order valence-electron chi connectivity index (χ0n) is 8.88. The molecule has 2 aliphatic heterocycles. The summed E-state index contributed by atoms with van der Waals surface area (Å²) in [7, 11) is 0. The van der Waals surface area contributed by atoms with E-state index < -0.39 is 0 Å². The Bertz CT molecular complexity index is 175. The van der Waals surface area contributed by atoms with Crippen molar-refractivity contribution < 1.29 is 4.74 Å². The summed E-state index contributed by atoms with van der Waals surface area (Å²) in [5, 5.41) is 0. The first-order chi connectivity index (χ1) is 6.16. The Morgan fingerprint density at radius 1 is 1.46 bits per heavy atom. The molecule has 0 aromatic heterocycles. The highest BCUT2D eigenvalue weighted by Crippen LogP contribution is 2.28. The van der Waals surface area contributed by atoms with Gasteiger partial charge in [0.15, 0.2) is 0 Å². The molecular weight excluding hydrogens is 162 g/mol. The molecule has 2 saturated heterocycles. The van der Waals surface area contributed by atoms with E-state index in [1.165, 1.54) is 38.9 Å². The lowest BCUT2D eigenvalue weighted by molar-refractivity contribution is 0.114. The molecule has 2 heterocycles. The molecular formula is C11H21NO. The lowest BCUT2D eigenvalue weighted by Gasteiger charge is -2.38. The van der Waals surface area contributed by atoms with Gasteiger partial charge in [-0.1, -0.05) is 13.8 Å². The number of piperidine rings is 1. The van der Waals surface area contributed by atoms with E-state index in [0.29, 0.717) is 11.5 Å². The Morgan fingerprint density at radius 2 is 2.23 bits per heavy atom. The largest absolute Gasteiger partial charge is 0.373 e. The van der Waals surface area contributed by atoms with Crippen molar-refractivity contribution in [3.63, 3.8) is 0 Å². The Balaban J connectivity index is 1.71. The monoisotopic (exact) mass is 183 g/mol. The summed E-state index contributed by atoms with van der Waals surface area (Å²) in [6, 6.07) is 0. The van der Waals surface area contributed by atoms with Crippen molar-refractivity contribution in [3.8, 4) is 0 Å². The van der Waals surface area contributed by atoms with E-state index in [0.717, 1.165) is 6.61 Å². The van der Waals surface area contributed by atoms with Crippen LogP contribution in [0.4, 0.5) is 0 Å². The molecule has 0 N–H and O–H groups in total. The summed E-state index contributed by atoms with van der Waals surface area (Å²) in [5.74, 6) is 0. The van der Waals surface area contributed by atoms with E-state index in [-0.39, 0.29) is 0 Å². The van der Waals surface area contributed by atoms with Gasteiger partial charge in [-0.15, -0.1) is 0 Å². The SMILES string of the molecule is CC1(C)CCCN(CCC2CO2)C1. The minimum Gasteiger partial charge on any atom is -0.373 e. The molecule has 76 valence electrons. The van der Waals surface area contributed by atoms with Crippen molar-refractivity contribution >= 4 is 0 Å². The standard InChI is InChI=1S/C11H21NO/c1-11(2)5-3-6-12(9-11)7-4-10-8-13-10/h10H,3-9H2,1-2H3. The average molecular weight is 183 g/mol. The molecule has 0 bridgehead atoms. The van der Waals surface area contributed by atoms with Gasteiger partial charge in [-0.05, 0) is 31.2 Å². The summed E-state index contributed by atoms with van der Waals surface area (Å²) in [6.45, 7) is 9.60. The number of nitrogens with zero attached hydrogens (tertiary/aromatic N) is 1. The predicted molar refractivity (Wildman–Crippen MR) is 53.8 cm³/mol. The van der Waals surface area contributed by atoms with Gasteiger partial charge in [-0.2, -0.15) is 0 Å². The van der Waals surface area contributed by atoms with Crippen LogP contribution in [0.15, 0.2) is 0 Å². The summed E-state index contributed by atoms with van der Waals surface area (Å²) in [4.78, 5) is 2.60. The third-order valence-corrected chi connectivity index (χ3v) is 3.15. The molecule has 13 heavy (non-hydrogen) atoms. The van der Waals surface area contributed by atoms with Gasteiger partial charge in [0.1, 0.15) is 0 Å². The lowest BCUT2D eigenvalue weighted by Crippen LogP contribution is -2.40. The average Bonchev–Trinajstić information content (AvgIpc) is 2.82. The van der Waals surface area contributed by atoms with E-state index in [4.69, 9.17) is 4.74 Å². The first-order valence-corrected chi connectivity index (χ1v) is 5.50. The molecule has 2 heteroatoms.